The normalized spacial score (nSPS) is 16.6. The third-order valence-electron chi connectivity index (χ3n) is 2.53. The fourth-order valence-corrected chi connectivity index (χ4v) is 1.55. The zero-order valence-electron chi connectivity index (χ0n) is 11.2. The SMILES string of the molecule is O=P([O-])([O-])OC(F)(F)C(F)(F)C(F)(F)C(F)(F)C(F)(F)C(F)(F)C(F)(F)F. The Morgan fingerprint density at radius 1 is 0.519 bits per heavy atom. The van der Waals surface area contributed by atoms with Crippen molar-refractivity contribution in [1.82, 2.24) is 0 Å². The first kappa shape index (κ1) is 26.1. The van der Waals surface area contributed by atoms with Crippen LogP contribution in [0.1, 0.15) is 0 Å². The Balaban J connectivity index is 6.51. The van der Waals surface area contributed by atoms with Crippen LogP contribution in [0, 0.1) is 0 Å². The van der Waals surface area contributed by atoms with Gasteiger partial charge in [0.15, 0.2) is 0 Å². The molecule has 0 saturated heterocycles. The number of phosphoric acid groups is 1. The Bertz CT molecular complexity index is 604. The van der Waals surface area contributed by atoms with E-state index in [-0.39, 0.29) is 0 Å². The van der Waals surface area contributed by atoms with E-state index in [1.54, 1.807) is 0 Å². The number of hydrogen-bond acceptors (Lipinski definition) is 4. The van der Waals surface area contributed by atoms with Gasteiger partial charge in [0, 0.05) is 0 Å². The van der Waals surface area contributed by atoms with Crippen LogP contribution in [-0.4, -0.2) is 41.9 Å². The highest BCUT2D eigenvalue weighted by molar-refractivity contribution is 7.43. The summed E-state index contributed by atoms with van der Waals surface area (Å²) in [6, 6.07) is 0. The van der Waals surface area contributed by atoms with Crippen LogP contribution in [0.3, 0.4) is 0 Å². The molecule has 0 fully saturated rings. The average molecular weight is 464 g/mol. The lowest BCUT2D eigenvalue weighted by Gasteiger charge is -2.42. The van der Waals surface area contributed by atoms with Crippen LogP contribution in [0.2, 0.25) is 0 Å². The molecule has 0 unspecified atom stereocenters. The maximum atomic E-state index is 12.9. The average Bonchev–Trinajstić information content (AvgIpc) is 2.33. The van der Waals surface area contributed by atoms with Crippen molar-refractivity contribution in [3.05, 3.63) is 0 Å². The third-order valence-corrected chi connectivity index (χ3v) is 2.98. The quantitative estimate of drug-likeness (QED) is 0.429. The summed E-state index contributed by atoms with van der Waals surface area (Å²) in [5.41, 5.74) is 0. The number of hydrogen-bond donors (Lipinski definition) is 0. The Labute approximate surface area is 136 Å². The molecule has 0 aliphatic carbocycles. The third kappa shape index (κ3) is 3.82. The van der Waals surface area contributed by atoms with Crippen LogP contribution in [0.5, 0.6) is 0 Å². The Kier molecular flexibility index (Phi) is 6.06. The topological polar surface area (TPSA) is 72.4 Å². The number of rotatable bonds is 7. The second-order valence-corrected chi connectivity index (χ2v) is 5.50. The minimum atomic E-state index is -8.59. The lowest BCUT2D eigenvalue weighted by atomic mass is 9.93. The van der Waals surface area contributed by atoms with Crippen molar-refractivity contribution in [2.45, 2.75) is 41.9 Å². The van der Waals surface area contributed by atoms with Crippen molar-refractivity contribution >= 4 is 7.82 Å². The Hall–Kier alpha value is -0.940. The highest BCUT2D eigenvalue weighted by Gasteiger charge is 2.93. The molecular weight excluding hydrogens is 464 g/mol. The van der Waals surface area contributed by atoms with Gasteiger partial charge in [-0.15, -0.1) is 0 Å². The fraction of sp³-hybridized carbons (Fsp3) is 1.00. The molecule has 0 amide bonds. The molecular formula is C7F15O4P-2. The van der Waals surface area contributed by atoms with Crippen molar-refractivity contribution in [1.29, 1.82) is 0 Å². The van der Waals surface area contributed by atoms with E-state index in [1.807, 2.05) is 0 Å². The summed E-state index contributed by atoms with van der Waals surface area (Å²) >= 11 is 0. The molecule has 0 N–H and O–H groups in total. The van der Waals surface area contributed by atoms with E-state index >= 15 is 0 Å². The van der Waals surface area contributed by atoms with Crippen LogP contribution >= 0.6 is 7.82 Å². The van der Waals surface area contributed by atoms with Crippen molar-refractivity contribution in [2.75, 3.05) is 0 Å². The van der Waals surface area contributed by atoms with Crippen LogP contribution < -0.4 is 9.79 Å². The predicted octanol–water partition coefficient (Wildman–Crippen LogP) is 3.16. The highest BCUT2D eigenvalue weighted by atomic mass is 31.2. The largest absolute Gasteiger partial charge is 0.790 e. The molecule has 164 valence electrons. The van der Waals surface area contributed by atoms with Crippen molar-refractivity contribution in [3.63, 3.8) is 0 Å². The molecule has 0 bridgehead atoms. The summed E-state index contributed by atoms with van der Waals surface area (Å²) < 4.78 is 199. The molecule has 0 aliphatic heterocycles. The van der Waals surface area contributed by atoms with E-state index in [2.05, 4.69) is 0 Å². The van der Waals surface area contributed by atoms with Gasteiger partial charge in [0.05, 0.1) is 7.82 Å². The monoisotopic (exact) mass is 464 g/mol. The molecule has 0 saturated carbocycles. The molecule has 0 aliphatic rings. The van der Waals surface area contributed by atoms with E-state index in [0.29, 0.717) is 0 Å². The first-order chi connectivity index (χ1) is 11.2. The maximum Gasteiger partial charge on any atom is 0.460 e. The molecule has 0 aromatic heterocycles. The first-order valence-corrected chi connectivity index (χ1v) is 6.73. The molecule has 0 aromatic rings. The van der Waals surface area contributed by atoms with Gasteiger partial charge < -0.3 is 14.4 Å². The summed E-state index contributed by atoms with van der Waals surface area (Å²) in [5.74, 6) is -42.0. The van der Waals surface area contributed by atoms with Gasteiger partial charge in [-0.05, 0) is 0 Å². The molecule has 0 rings (SSSR count). The predicted molar refractivity (Wildman–Crippen MR) is 44.4 cm³/mol. The number of phosphoric ester groups is 1. The molecule has 20 heteroatoms. The van der Waals surface area contributed by atoms with E-state index in [0.717, 1.165) is 0 Å². The van der Waals surface area contributed by atoms with Gasteiger partial charge in [-0.2, -0.15) is 65.9 Å². The maximum absolute atomic E-state index is 12.9. The standard InChI is InChI=1S/C7H2F15O4P/c8-1(9,2(10,11)4(14,15)6(18,19)20)3(12,13)5(16,17)7(21,22)26-27(23,24)25/h(H2,23,24,25)/p-2. The summed E-state index contributed by atoms with van der Waals surface area (Å²) in [5, 5.41) is 0. The summed E-state index contributed by atoms with van der Waals surface area (Å²) in [6.07, 6.45) is -15.3. The minimum Gasteiger partial charge on any atom is -0.790 e. The number of halogens is 15. The number of alkyl halides is 15. The van der Waals surface area contributed by atoms with Gasteiger partial charge in [-0.3, -0.25) is 4.52 Å². The molecule has 0 aromatic carbocycles. The second kappa shape index (κ2) is 6.28. The van der Waals surface area contributed by atoms with Gasteiger partial charge in [-0.25, -0.2) is 0 Å². The van der Waals surface area contributed by atoms with Crippen LogP contribution in [0.15, 0.2) is 0 Å². The molecule has 0 spiro atoms. The zero-order chi connectivity index (χ0) is 22.7. The van der Waals surface area contributed by atoms with Gasteiger partial charge in [-0.1, -0.05) is 0 Å². The van der Waals surface area contributed by atoms with Gasteiger partial charge in [0.2, 0.25) is 0 Å². The van der Waals surface area contributed by atoms with Gasteiger partial charge in [0.25, 0.3) is 0 Å². The van der Waals surface area contributed by atoms with Crippen molar-refractivity contribution in [2.24, 2.45) is 0 Å². The van der Waals surface area contributed by atoms with E-state index in [1.165, 1.54) is 4.52 Å². The van der Waals surface area contributed by atoms with Crippen LogP contribution in [0.4, 0.5) is 65.9 Å². The molecule has 4 nitrogen and oxygen atoms in total. The molecule has 0 radical (unpaired) electrons. The van der Waals surface area contributed by atoms with E-state index in [9.17, 15) is 80.2 Å². The molecule has 0 heterocycles. The second-order valence-electron chi connectivity index (χ2n) is 4.43. The van der Waals surface area contributed by atoms with Crippen LogP contribution in [-0.2, 0) is 9.09 Å². The van der Waals surface area contributed by atoms with Gasteiger partial charge >= 0.3 is 41.9 Å². The van der Waals surface area contributed by atoms with Crippen molar-refractivity contribution in [3.8, 4) is 0 Å². The Morgan fingerprint density at radius 2 is 0.778 bits per heavy atom. The summed E-state index contributed by atoms with van der Waals surface area (Å²) in [6.45, 7) is 0. The Morgan fingerprint density at radius 3 is 1.04 bits per heavy atom. The first-order valence-electron chi connectivity index (χ1n) is 5.27. The summed E-state index contributed by atoms with van der Waals surface area (Å²) in [7, 11) is -7.43. The van der Waals surface area contributed by atoms with Crippen LogP contribution in [0.25, 0.3) is 0 Å². The zero-order valence-corrected chi connectivity index (χ0v) is 12.1. The molecule has 27 heavy (non-hydrogen) atoms. The lowest BCUT2D eigenvalue weighted by Crippen LogP contribution is -2.72. The van der Waals surface area contributed by atoms with Crippen molar-refractivity contribution < 1.29 is 84.7 Å². The summed E-state index contributed by atoms with van der Waals surface area (Å²) in [4.78, 5) is 19.5. The fourth-order valence-electron chi connectivity index (χ4n) is 1.15. The highest BCUT2D eigenvalue weighted by Crippen LogP contribution is 2.63. The van der Waals surface area contributed by atoms with Gasteiger partial charge in [0.1, 0.15) is 0 Å². The van der Waals surface area contributed by atoms with E-state index in [4.69, 9.17) is 0 Å². The smallest absolute Gasteiger partial charge is 0.460 e. The molecule has 0 atom stereocenters. The minimum absolute atomic E-state index is 1.53. The lowest BCUT2D eigenvalue weighted by molar-refractivity contribution is -0.472. The van der Waals surface area contributed by atoms with E-state index < -0.39 is 49.7 Å².